The van der Waals surface area contributed by atoms with Gasteiger partial charge in [0, 0.05) is 12.0 Å². The Balaban J connectivity index is 2.05. The molecule has 1 aromatic carbocycles. The van der Waals surface area contributed by atoms with E-state index < -0.39 is 17.5 Å². The van der Waals surface area contributed by atoms with E-state index in [1.54, 1.807) is 6.08 Å². The Bertz CT molecular complexity index is 850. The number of carbonyl (C=O) groups is 3. The molecule has 0 saturated heterocycles. The number of benzene rings is 1. The molecule has 2 rings (SSSR count). The summed E-state index contributed by atoms with van der Waals surface area (Å²) in [7, 11) is 0. The molecule has 0 radical (unpaired) electrons. The van der Waals surface area contributed by atoms with Gasteiger partial charge in [0.05, 0.1) is 12.0 Å². The van der Waals surface area contributed by atoms with Gasteiger partial charge in [-0.15, -0.1) is 0 Å². The summed E-state index contributed by atoms with van der Waals surface area (Å²) in [6.45, 7) is 3.43. The molecule has 7 nitrogen and oxygen atoms in total. The van der Waals surface area contributed by atoms with Gasteiger partial charge in [-0.05, 0) is 51.3 Å². The molecule has 1 aliphatic rings. The summed E-state index contributed by atoms with van der Waals surface area (Å²) in [4.78, 5) is 35.0. The van der Waals surface area contributed by atoms with Crippen molar-refractivity contribution in [2.24, 2.45) is 0 Å². The number of Topliss-reactive ketones (excluding diaryl/α,β-unsaturated/α-hetero) is 1. The monoisotopic (exact) mass is 388 g/mol. The lowest BCUT2D eigenvalue weighted by Gasteiger charge is -2.34. The fourth-order valence-electron chi connectivity index (χ4n) is 3.05. The highest BCUT2D eigenvalue weighted by Crippen LogP contribution is 2.38. The number of rotatable bonds is 8. The second-order valence-electron chi connectivity index (χ2n) is 7.00. The highest BCUT2D eigenvalue weighted by molar-refractivity contribution is 6.03. The standard InChI is InChI=1S/C21H24O7/c1-13(5-3-7-14(2)19(24)25)6-4-10-21(20(26)27)12-17(23)16-11-15(22)8-9-18(16)28-21/h6-9,11,22H,3-5,10,12H2,1-2H3,(H,24,25)(H,26,27)/b13-6+,14-7-/t21-/m1/s1. The smallest absolute Gasteiger partial charge is 0.348 e. The van der Waals surface area contributed by atoms with Crippen LogP contribution in [0.5, 0.6) is 11.5 Å². The van der Waals surface area contributed by atoms with Gasteiger partial charge in [0.1, 0.15) is 11.5 Å². The third kappa shape index (κ3) is 5.00. The molecular formula is C21H24O7. The molecule has 0 aliphatic carbocycles. The number of carboxylic acid groups (broad SMARTS) is 2. The van der Waals surface area contributed by atoms with Gasteiger partial charge in [-0.2, -0.15) is 0 Å². The maximum atomic E-state index is 12.4. The molecule has 3 N–H and O–H groups in total. The fourth-order valence-corrected chi connectivity index (χ4v) is 3.05. The lowest BCUT2D eigenvalue weighted by Crippen LogP contribution is -2.49. The van der Waals surface area contributed by atoms with E-state index in [2.05, 4.69) is 0 Å². The van der Waals surface area contributed by atoms with E-state index in [1.807, 2.05) is 13.0 Å². The molecule has 0 aromatic heterocycles. The number of ketones is 1. The first-order chi connectivity index (χ1) is 13.1. The first-order valence-electron chi connectivity index (χ1n) is 8.99. The van der Waals surface area contributed by atoms with Crippen molar-refractivity contribution in [2.75, 3.05) is 0 Å². The third-order valence-electron chi connectivity index (χ3n) is 4.77. The van der Waals surface area contributed by atoms with E-state index in [-0.39, 0.29) is 41.3 Å². The van der Waals surface area contributed by atoms with Crippen LogP contribution in [0.25, 0.3) is 0 Å². The number of hydrogen-bond donors (Lipinski definition) is 3. The van der Waals surface area contributed by atoms with Gasteiger partial charge in [-0.25, -0.2) is 9.59 Å². The molecule has 0 spiro atoms. The summed E-state index contributed by atoms with van der Waals surface area (Å²) in [5, 5.41) is 28.0. The zero-order valence-corrected chi connectivity index (χ0v) is 15.9. The van der Waals surface area contributed by atoms with Crippen LogP contribution in [0.3, 0.4) is 0 Å². The van der Waals surface area contributed by atoms with Crippen LogP contribution in [0, 0.1) is 0 Å². The predicted molar refractivity (Wildman–Crippen MR) is 102 cm³/mol. The van der Waals surface area contributed by atoms with Crippen LogP contribution in [0.1, 0.15) is 56.3 Å². The van der Waals surface area contributed by atoms with Gasteiger partial charge >= 0.3 is 11.9 Å². The molecule has 7 heteroatoms. The topological polar surface area (TPSA) is 121 Å². The second-order valence-corrected chi connectivity index (χ2v) is 7.00. The number of aliphatic carboxylic acids is 2. The van der Waals surface area contributed by atoms with E-state index in [9.17, 15) is 24.6 Å². The lowest BCUT2D eigenvalue weighted by molar-refractivity contribution is -0.156. The van der Waals surface area contributed by atoms with Crippen molar-refractivity contribution in [1.29, 1.82) is 0 Å². The Morgan fingerprint density at radius 2 is 1.89 bits per heavy atom. The maximum absolute atomic E-state index is 12.4. The first-order valence-corrected chi connectivity index (χ1v) is 8.99. The number of phenols is 1. The zero-order chi connectivity index (χ0) is 20.9. The molecule has 0 unspecified atom stereocenters. The van der Waals surface area contributed by atoms with Crippen molar-refractivity contribution in [2.45, 2.75) is 51.6 Å². The maximum Gasteiger partial charge on any atom is 0.348 e. The number of allylic oxidation sites excluding steroid dienone is 3. The van der Waals surface area contributed by atoms with Crippen LogP contribution in [0.4, 0.5) is 0 Å². The molecule has 0 amide bonds. The number of hydrogen-bond acceptors (Lipinski definition) is 5. The van der Waals surface area contributed by atoms with Gasteiger partial charge in [-0.1, -0.05) is 17.7 Å². The van der Waals surface area contributed by atoms with E-state index in [1.165, 1.54) is 25.1 Å². The van der Waals surface area contributed by atoms with E-state index >= 15 is 0 Å². The highest BCUT2D eigenvalue weighted by atomic mass is 16.5. The Morgan fingerprint density at radius 3 is 2.54 bits per heavy atom. The third-order valence-corrected chi connectivity index (χ3v) is 4.77. The molecule has 0 bridgehead atoms. The van der Waals surface area contributed by atoms with Crippen molar-refractivity contribution in [3.05, 3.63) is 47.1 Å². The van der Waals surface area contributed by atoms with Crippen LogP contribution in [0.15, 0.2) is 41.5 Å². The van der Waals surface area contributed by atoms with Gasteiger partial charge in [0.25, 0.3) is 0 Å². The van der Waals surface area contributed by atoms with Crippen molar-refractivity contribution in [1.82, 2.24) is 0 Å². The molecule has 28 heavy (non-hydrogen) atoms. The van der Waals surface area contributed by atoms with Crippen LogP contribution >= 0.6 is 0 Å². The molecule has 1 aromatic rings. The van der Waals surface area contributed by atoms with E-state index in [4.69, 9.17) is 9.84 Å². The summed E-state index contributed by atoms with van der Waals surface area (Å²) in [6.07, 6.45) is 4.99. The number of fused-ring (bicyclic) bond motifs is 1. The summed E-state index contributed by atoms with van der Waals surface area (Å²) >= 11 is 0. The molecular weight excluding hydrogens is 364 g/mol. The van der Waals surface area contributed by atoms with Gasteiger partial charge in [-0.3, -0.25) is 4.79 Å². The Morgan fingerprint density at radius 1 is 1.18 bits per heavy atom. The minimum atomic E-state index is -1.64. The lowest BCUT2D eigenvalue weighted by atomic mass is 9.86. The number of ether oxygens (including phenoxy) is 1. The van der Waals surface area contributed by atoms with E-state index in [0.717, 1.165) is 5.57 Å². The molecule has 0 fully saturated rings. The van der Waals surface area contributed by atoms with Crippen LogP contribution in [-0.4, -0.2) is 38.6 Å². The second kappa shape index (κ2) is 8.73. The number of aromatic hydroxyl groups is 1. The quantitative estimate of drug-likeness (QED) is 0.458. The summed E-state index contributed by atoms with van der Waals surface area (Å²) in [6, 6.07) is 4.03. The van der Waals surface area contributed by atoms with Crippen LogP contribution in [0.2, 0.25) is 0 Å². The minimum absolute atomic E-state index is 0.0794. The fraction of sp³-hybridized carbons (Fsp3) is 0.381. The number of carboxylic acids is 2. The summed E-state index contributed by atoms with van der Waals surface area (Å²) < 4.78 is 5.69. The van der Waals surface area contributed by atoms with Gasteiger partial charge in [0.2, 0.25) is 5.60 Å². The first kappa shape index (κ1) is 21.2. The Kier molecular flexibility index (Phi) is 6.62. The molecule has 1 atom stereocenters. The van der Waals surface area contributed by atoms with Crippen molar-refractivity contribution < 1.29 is 34.4 Å². The highest BCUT2D eigenvalue weighted by Gasteiger charge is 2.46. The minimum Gasteiger partial charge on any atom is -0.508 e. The average molecular weight is 388 g/mol. The Labute approximate surface area is 163 Å². The molecule has 1 heterocycles. The predicted octanol–water partition coefficient (Wildman–Crippen LogP) is 3.72. The largest absolute Gasteiger partial charge is 0.508 e. The molecule has 150 valence electrons. The number of phenolic OH excluding ortho intramolecular Hbond substituents is 1. The van der Waals surface area contributed by atoms with Crippen LogP contribution in [-0.2, 0) is 9.59 Å². The van der Waals surface area contributed by atoms with Gasteiger partial charge in [0.15, 0.2) is 5.78 Å². The van der Waals surface area contributed by atoms with Crippen molar-refractivity contribution >= 4 is 17.7 Å². The van der Waals surface area contributed by atoms with Crippen LogP contribution < -0.4 is 4.74 Å². The Hall–Kier alpha value is -3.09. The normalized spacial score (nSPS) is 19.7. The summed E-state index contributed by atoms with van der Waals surface area (Å²) in [5.74, 6) is -2.45. The SMILES string of the molecule is C/C(=C/CC/C(C)=C/CC[C@]1(C(=O)O)CC(=O)c2cc(O)ccc2O1)C(=O)O. The van der Waals surface area contributed by atoms with Crippen molar-refractivity contribution in [3.8, 4) is 11.5 Å². The van der Waals surface area contributed by atoms with Crippen molar-refractivity contribution in [3.63, 3.8) is 0 Å². The zero-order valence-electron chi connectivity index (χ0n) is 15.9. The average Bonchev–Trinajstić information content (AvgIpc) is 2.62. The van der Waals surface area contributed by atoms with Gasteiger partial charge < -0.3 is 20.1 Å². The molecule has 1 aliphatic heterocycles. The number of carbonyl (C=O) groups excluding carboxylic acids is 1. The summed E-state index contributed by atoms with van der Waals surface area (Å²) in [5.41, 5.74) is -0.166. The molecule has 0 saturated carbocycles. The van der Waals surface area contributed by atoms with E-state index in [0.29, 0.717) is 19.3 Å².